The molecule has 4 nitrogen and oxygen atoms in total. The fourth-order valence-corrected chi connectivity index (χ4v) is 3.17. The van der Waals surface area contributed by atoms with E-state index in [1.54, 1.807) is 23.0 Å². The molecule has 3 aromatic rings. The lowest BCUT2D eigenvalue weighted by Crippen LogP contribution is -2.00. The van der Waals surface area contributed by atoms with Crippen LogP contribution in [0.25, 0.3) is 6.08 Å². The lowest BCUT2D eigenvalue weighted by atomic mass is 10.0. The molecule has 3 rings (SSSR count). The van der Waals surface area contributed by atoms with E-state index < -0.39 is 0 Å². The second-order valence-electron chi connectivity index (χ2n) is 4.85. The summed E-state index contributed by atoms with van der Waals surface area (Å²) in [6.45, 7) is 0.415. The number of rotatable bonds is 6. The minimum atomic E-state index is -0.261. The summed E-state index contributed by atoms with van der Waals surface area (Å²) in [5.74, 6) is 0.449. The van der Waals surface area contributed by atoms with Crippen LogP contribution < -0.4 is 4.74 Å². The van der Waals surface area contributed by atoms with Crippen molar-refractivity contribution >= 4 is 34.5 Å². The molecule has 24 heavy (non-hydrogen) atoms. The standard InChI is InChI=1S/C18H12N2O2S2/c19-8-15(18(21)14-5-6-23-10-14)7-13-1-3-17(4-2-13)22-9-16-11-24-12-20-16/h1-7,10-12H,9H2/b15-7+. The summed E-state index contributed by atoms with van der Waals surface area (Å²) in [4.78, 5) is 16.4. The number of aromatic nitrogens is 1. The van der Waals surface area contributed by atoms with E-state index >= 15 is 0 Å². The number of nitrogens with zero attached hydrogens (tertiary/aromatic N) is 2. The van der Waals surface area contributed by atoms with Crippen LogP contribution in [-0.2, 0) is 6.61 Å². The maximum atomic E-state index is 12.2. The van der Waals surface area contributed by atoms with E-state index in [1.165, 1.54) is 22.7 Å². The third-order valence-electron chi connectivity index (χ3n) is 3.21. The van der Waals surface area contributed by atoms with E-state index in [0.717, 1.165) is 11.3 Å². The fraction of sp³-hybridized carbons (Fsp3) is 0.0556. The Hall–Kier alpha value is -2.75. The first kappa shape index (κ1) is 16.1. The molecule has 0 radical (unpaired) electrons. The molecule has 0 aliphatic rings. The zero-order chi connectivity index (χ0) is 16.8. The smallest absolute Gasteiger partial charge is 0.204 e. The number of hydrogen-bond donors (Lipinski definition) is 0. The number of carbonyl (C=O) groups excluding carboxylic acids is 1. The first-order valence-electron chi connectivity index (χ1n) is 7.05. The van der Waals surface area contributed by atoms with E-state index in [9.17, 15) is 10.1 Å². The fourth-order valence-electron chi connectivity index (χ4n) is 1.99. The molecule has 0 saturated heterocycles. The first-order chi connectivity index (χ1) is 11.8. The Morgan fingerprint density at radius 2 is 2.04 bits per heavy atom. The van der Waals surface area contributed by atoms with Crippen molar-refractivity contribution in [2.24, 2.45) is 0 Å². The van der Waals surface area contributed by atoms with Gasteiger partial charge in [-0.3, -0.25) is 4.79 Å². The van der Waals surface area contributed by atoms with Gasteiger partial charge in [-0.2, -0.15) is 16.6 Å². The van der Waals surface area contributed by atoms with Crippen LogP contribution in [0.15, 0.2) is 57.6 Å². The summed E-state index contributed by atoms with van der Waals surface area (Å²) in [6.07, 6.45) is 1.59. The van der Waals surface area contributed by atoms with Crippen LogP contribution in [-0.4, -0.2) is 10.8 Å². The SMILES string of the molecule is N#C/C(=C\c1ccc(OCc2cscn2)cc1)C(=O)c1ccsc1. The van der Waals surface area contributed by atoms with Crippen LogP contribution in [0.3, 0.4) is 0 Å². The molecule has 0 amide bonds. The molecule has 0 fully saturated rings. The quantitative estimate of drug-likeness (QED) is 0.370. The Kier molecular flexibility index (Phi) is 5.16. The molecule has 0 aliphatic heterocycles. The molecule has 1 aromatic carbocycles. The predicted molar refractivity (Wildman–Crippen MR) is 95.1 cm³/mol. The summed E-state index contributed by atoms with van der Waals surface area (Å²) in [7, 11) is 0. The molecule has 0 atom stereocenters. The van der Waals surface area contributed by atoms with Crippen molar-refractivity contribution in [3.63, 3.8) is 0 Å². The normalized spacial score (nSPS) is 11.0. The summed E-state index contributed by atoms with van der Waals surface area (Å²) < 4.78 is 5.64. The van der Waals surface area contributed by atoms with Gasteiger partial charge >= 0.3 is 0 Å². The summed E-state index contributed by atoms with van der Waals surface area (Å²) in [5, 5.41) is 14.7. The predicted octanol–water partition coefficient (Wildman–Crippen LogP) is 4.57. The van der Waals surface area contributed by atoms with Crippen molar-refractivity contribution < 1.29 is 9.53 Å². The second-order valence-corrected chi connectivity index (χ2v) is 6.35. The average Bonchev–Trinajstić information content (AvgIpc) is 3.31. The number of allylic oxidation sites excluding steroid dienone is 1. The zero-order valence-electron chi connectivity index (χ0n) is 12.5. The molecular weight excluding hydrogens is 340 g/mol. The van der Waals surface area contributed by atoms with Crippen molar-refractivity contribution in [3.8, 4) is 11.8 Å². The molecule has 2 heterocycles. The molecule has 2 aromatic heterocycles. The third-order valence-corrected chi connectivity index (χ3v) is 4.53. The molecule has 0 spiro atoms. The van der Waals surface area contributed by atoms with Gasteiger partial charge < -0.3 is 4.74 Å². The van der Waals surface area contributed by atoms with Gasteiger partial charge in [-0.05, 0) is 35.2 Å². The van der Waals surface area contributed by atoms with Gasteiger partial charge in [0.2, 0.25) is 5.78 Å². The zero-order valence-corrected chi connectivity index (χ0v) is 14.1. The van der Waals surface area contributed by atoms with E-state index in [0.29, 0.717) is 17.9 Å². The Bertz CT molecular complexity index is 874. The van der Waals surface area contributed by atoms with Gasteiger partial charge in [0.1, 0.15) is 24.0 Å². The lowest BCUT2D eigenvalue weighted by Gasteiger charge is -2.04. The number of carbonyl (C=O) groups is 1. The Morgan fingerprint density at radius 1 is 1.21 bits per heavy atom. The van der Waals surface area contributed by atoms with E-state index in [1.807, 2.05) is 41.1 Å². The molecular formula is C18H12N2O2S2. The van der Waals surface area contributed by atoms with Gasteiger partial charge in [0.15, 0.2) is 0 Å². The maximum absolute atomic E-state index is 12.2. The van der Waals surface area contributed by atoms with E-state index in [4.69, 9.17) is 4.74 Å². The highest BCUT2D eigenvalue weighted by Gasteiger charge is 2.12. The van der Waals surface area contributed by atoms with Crippen molar-refractivity contribution in [3.05, 3.63) is 74.4 Å². The largest absolute Gasteiger partial charge is 0.487 e. The number of thiazole rings is 1. The first-order valence-corrected chi connectivity index (χ1v) is 8.93. The van der Waals surface area contributed by atoms with Crippen LogP contribution in [0.4, 0.5) is 0 Å². The van der Waals surface area contributed by atoms with Crippen LogP contribution in [0.1, 0.15) is 21.6 Å². The highest BCUT2D eigenvalue weighted by atomic mass is 32.1. The topological polar surface area (TPSA) is 63.0 Å². The van der Waals surface area contributed by atoms with Gasteiger partial charge in [0.05, 0.1) is 11.2 Å². The number of benzene rings is 1. The summed E-state index contributed by atoms with van der Waals surface area (Å²) in [5.41, 5.74) is 4.08. The average molecular weight is 352 g/mol. The Morgan fingerprint density at radius 3 is 2.67 bits per heavy atom. The van der Waals surface area contributed by atoms with Crippen LogP contribution in [0.5, 0.6) is 5.75 Å². The van der Waals surface area contributed by atoms with Gasteiger partial charge in [0.25, 0.3) is 0 Å². The monoisotopic (exact) mass is 352 g/mol. The molecule has 0 N–H and O–H groups in total. The van der Waals surface area contributed by atoms with Gasteiger partial charge in [0, 0.05) is 16.3 Å². The molecule has 0 aliphatic carbocycles. The van der Waals surface area contributed by atoms with Crippen LogP contribution in [0, 0.1) is 11.3 Å². The molecule has 0 saturated carbocycles. The Labute approximate surface area is 147 Å². The third kappa shape index (κ3) is 3.96. The lowest BCUT2D eigenvalue weighted by molar-refractivity contribution is 0.104. The highest BCUT2D eigenvalue weighted by molar-refractivity contribution is 7.08. The minimum absolute atomic E-state index is 0.115. The molecule has 0 unspecified atom stereocenters. The highest BCUT2D eigenvalue weighted by Crippen LogP contribution is 2.18. The number of Topliss-reactive ketones (excluding diaryl/α,β-unsaturated/α-hetero) is 1. The number of ether oxygens (including phenoxy) is 1. The molecule has 6 heteroatoms. The van der Waals surface area contributed by atoms with Crippen LogP contribution >= 0.6 is 22.7 Å². The number of ketones is 1. The molecule has 0 bridgehead atoms. The second kappa shape index (κ2) is 7.68. The van der Waals surface area contributed by atoms with Crippen molar-refractivity contribution in [1.82, 2.24) is 4.98 Å². The Balaban J connectivity index is 1.70. The summed E-state index contributed by atoms with van der Waals surface area (Å²) >= 11 is 2.96. The number of thiophene rings is 1. The molecule has 118 valence electrons. The van der Waals surface area contributed by atoms with Gasteiger partial charge in [-0.1, -0.05) is 12.1 Å². The van der Waals surface area contributed by atoms with Crippen molar-refractivity contribution in [2.75, 3.05) is 0 Å². The number of hydrogen-bond acceptors (Lipinski definition) is 6. The maximum Gasteiger partial charge on any atom is 0.204 e. The van der Waals surface area contributed by atoms with Crippen molar-refractivity contribution in [1.29, 1.82) is 5.26 Å². The number of nitriles is 1. The van der Waals surface area contributed by atoms with Crippen molar-refractivity contribution in [2.45, 2.75) is 6.61 Å². The van der Waals surface area contributed by atoms with Crippen LogP contribution in [0.2, 0.25) is 0 Å². The minimum Gasteiger partial charge on any atom is -0.487 e. The van der Waals surface area contributed by atoms with Gasteiger partial charge in [-0.25, -0.2) is 4.98 Å². The van der Waals surface area contributed by atoms with E-state index in [-0.39, 0.29) is 11.4 Å². The van der Waals surface area contributed by atoms with E-state index in [2.05, 4.69) is 4.98 Å². The summed E-state index contributed by atoms with van der Waals surface area (Å²) in [6, 6.07) is 10.9. The van der Waals surface area contributed by atoms with Gasteiger partial charge in [-0.15, -0.1) is 11.3 Å².